The molecule has 1 aromatic heterocycles. The van der Waals surface area contributed by atoms with E-state index in [1.807, 2.05) is 0 Å². The van der Waals surface area contributed by atoms with Crippen LogP contribution in [-0.4, -0.2) is 36.9 Å². The van der Waals surface area contributed by atoms with E-state index in [1.54, 1.807) is 17.5 Å². The van der Waals surface area contributed by atoms with Crippen molar-refractivity contribution in [2.24, 2.45) is 0 Å². The molecule has 0 spiro atoms. The molecule has 0 aliphatic carbocycles. The number of rotatable bonds is 4. The predicted octanol–water partition coefficient (Wildman–Crippen LogP) is 1.79. The summed E-state index contributed by atoms with van der Waals surface area (Å²) in [4.78, 5) is 16.3. The highest BCUT2D eigenvalue weighted by Gasteiger charge is 2.28. The fourth-order valence-electron chi connectivity index (χ4n) is 2.47. The van der Waals surface area contributed by atoms with E-state index in [0.29, 0.717) is 12.1 Å². The molecule has 0 unspecified atom stereocenters. The smallest absolute Gasteiger partial charge is 0.226 e. The van der Waals surface area contributed by atoms with Gasteiger partial charge in [0.05, 0.1) is 23.6 Å². The highest BCUT2D eigenvalue weighted by Crippen LogP contribution is 2.24. The van der Waals surface area contributed by atoms with E-state index in [1.165, 1.54) is 23.5 Å². The molecular weight excluding hydrogens is 339 g/mol. The fraction of sp³-hybridized carbons (Fsp3) is 0.333. The van der Waals surface area contributed by atoms with Gasteiger partial charge >= 0.3 is 0 Å². The van der Waals surface area contributed by atoms with Gasteiger partial charge < -0.3 is 5.32 Å². The van der Waals surface area contributed by atoms with Crippen molar-refractivity contribution < 1.29 is 17.6 Å². The first-order chi connectivity index (χ1) is 10.9. The summed E-state index contributed by atoms with van der Waals surface area (Å²) in [6, 6.07) is 5.71. The van der Waals surface area contributed by atoms with Crippen LogP contribution in [0.25, 0.3) is 10.6 Å². The maximum absolute atomic E-state index is 12.9. The zero-order chi connectivity index (χ0) is 16.4. The summed E-state index contributed by atoms with van der Waals surface area (Å²) in [5.41, 5.74) is 1.41. The average molecular weight is 354 g/mol. The van der Waals surface area contributed by atoms with E-state index in [0.717, 1.165) is 10.6 Å². The van der Waals surface area contributed by atoms with Crippen molar-refractivity contribution in [2.45, 2.75) is 18.9 Å². The Bertz CT molecular complexity index is 816. The summed E-state index contributed by atoms with van der Waals surface area (Å²) in [6.07, 6.45) is 0.570. The Morgan fingerprint density at radius 1 is 1.35 bits per heavy atom. The van der Waals surface area contributed by atoms with Gasteiger partial charge in [-0.2, -0.15) is 0 Å². The zero-order valence-corrected chi connectivity index (χ0v) is 13.8. The number of benzene rings is 1. The number of halogens is 1. The highest BCUT2D eigenvalue weighted by molar-refractivity contribution is 7.91. The number of nitrogens with one attached hydrogen (secondary N) is 1. The van der Waals surface area contributed by atoms with E-state index >= 15 is 0 Å². The Kier molecular flexibility index (Phi) is 4.45. The van der Waals surface area contributed by atoms with Crippen LogP contribution in [0.15, 0.2) is 29.6 Å². The Hall–Kier alpha value is -1.80. The molecule has 0 radical (unpaired) electrons. The number of carbonyl (C=O) groups excluding carboxylic acids is 1. The van der Waals surface area contributed by atoms with Crippen LogP contribution >= 0.6 is 11.3 Å². The van der Waals surface area contributed by atoms with Gasteiger partial charge in [0.15, 0.2) is 9.84 Å². The molecule has 122 valence electrons. The van der Waals surface area contributed by atoms with Crippen molar-refractivity contribution in [2.75, 3.05) is 11.5 Å². The van der Waals surface area contributed by atoms with Crippen molar-refractivity contribution in [1.29, 1.82) is 0 Å². The van der Waals surface area contributed by atoms with Crippen LogP contribution in [-0.2, 0) is 21.1 Å². The molecule has 1 N–H and O–H groups in total. The standard InChI is InChI=1S/C15H15FN2O3S2/c16-11-3-1-10(2-4-11)15-18-13(8-22-15)7-14(19)17-12-5-6-23(20,21)9-12/h1-4,8,12H,5-7,9H2,(H,17,19)/t12-/m1/s1. The molecule has 1 amide bonds. The molecule has 1 fully saturated rings. The van der Waals surface area contributed by atoms with Gasteiger partial charge in [0, 0.05) is 17.0 Å². The summed E-state index contributed by atoms with van der Waals surface area (Å²) >= 11 is 1.38. The van der Waals surface area contributed by atoms with Gasteiger partial charge in [-0.3, -0.25) is 4.79 Å². The lowest BCUT2D eigenvalue weighted by atomic mass is 10.2. The molecule has 3 rings (SSSR count). The van der Waals surface area contributed by atoms with Gasteiger partial charge in [-0.15, -0.1) is 11.3 Å². The Balaban J connectivity index is 1.60. The van der Waals surface area contributed by atoms with Gasteiger partial charge in [0.1, 0.15) is 10.8 Å². The quantitative estimate of drug-likeness (QED) is 0.908. The monoisotopic (exact) mass is 354 g/mol. The van der Waals surface area contributed by atoms with E-state index in [-0.39, 0.29) is 35.7 Å². The lowest BCUT2D eigenvalue weighted by Crippen LogP contribution is -2.36. The Labute approximate surface area is 137 Å². The molecule has 0 saturated carbocycles. The molecule has 1 aliphatic heterocycles. The number of aromatic nitrogens is 1. The second-order valence-corrected chi connectivity index (χ2v) is 8.58. The summed E-state index contributed by atoms with van der Waals surface area (Å²) in [5, 5.41) is 5.24. The Morgan fingerprint density at radius 2 is 2.09 bits per heavy atom. The second kappa shape index (κ2) is 6.37. The SMILES string of the molecule is O=C(Cc1csc(-c2ccc(F)cc2)n1)N[C@@H]1CCS(=O)(=O)C1. The molecular formula is C15H15FN2O3S2. The first-order valence-electron chi connectivity index (χ1n) is 7.11. The molecule has 2 heterocycles. The third-order valence-corrected chi connectivity index (χ3v) is 6.29. The van der Waals surface area contributed by atoms with Crippen LogP contribution in [0, 0.1) is 5.82 Å². The zero-order valence-electron chi connectivity index (χ0n) is 12.2. The number of amides is 1. The minimum atomic E-state index is -3.01. The van der Waals surface area contributed by atoms with Crippen LogP contribution in [0.4, 0.5) is 4.39 Å². The van der Waals surface area contributed by atoms with Gasteiger partial charge in [-0.25, -0.2) is 17.8 Å². The Morgan fingerprint density at radius 3 is 2.74 bits per heavy atom. The summed E-state index contributed by atoms with van der Waals surface area (Å²) in [5.74, 6) is -0.403. The largest absolute Gasteiger partial charge is 0.352 e. The van der Waals surface area contributed by atoms with E-state index in [2.05, 4.69) is 10.3 Å². The van der Waals surface area contributed by atoms with Gasteiger partial charge in [0.2, 0.25) is 5.91 Å². The number of sulfone groups is 1. The molecule has 1 aliphatic rings. The van der Waals surface area contributed by atoms with Crippen LogP contribution in [0.2, 0.25) is 0 Å². The van der Waals surface area contributed by atoms with Crippen LogP contribution in [0.3, 0.4) is 0 Å². The van der Waals surface area contributed by atoms with Gasteiger partial charge in [-0.05, 0) is 30.7 Å². The molecule has 1 aromatic carbocycles. The number of carbonyl (C=O) groups is 1. The van der Waals surface area contributed by atoms with E-state index < -0.39 is 9.84 Å². The highest BCUT2D eigenvalue weighted by atomic mass is 32.2. The normalized spacial score (nSPS) is 19.6. The van der Waals surface area contributed by atoms with Crippen molar-refractivity contribution in [3.05, 3.63) is 41.2 Å². The summed E-state index contributed by atoms with van der Waals surface area (Å²) in [6.45, 7) is 0. The molecule has 0 bridgehead atoms. The van der Waals surface area contributed by atoms with E-state index in [9.17, 15) is 17.6 Å². The van der Waals surface area contributed by atoms with Gasteiger partial charge in [-0.1, -0.05) is 0 Å². The van der Waals surface area contributed by atoms with Crippen molar-refractivity contribution >= 4 is 27.1 Å². The number of thiazole rings is 1. The lowest BCUT2D eigenvalue weighted by Gasteiger charge is -2.09. The van der Waals surface area contributed by atoms with Crippen molar-refractivity contribution in [3.8, 4) is 10.6 Å². The van der Waals surface area contributed by atoms with Crippen LogP contribution < -0.4 is 5.32 Å². The lowest BCUT2D eigenvalue weighted by molar-refractivity contribution is -0.121. The van der Waals surface area contributed by atoms with Gasteiger partial charge in [0.25, 0.3) is 0 Å². The molecule has 2 aromatic rings. The first kappa shape index (κ1) is 16.1. The topological polar surface area (TPSA) is 76.1 Å². The van der Waals surface area contributed by atoms with Crippen LogP contribution in [0.1, 0.15) is 12.1 Å². The summed E-state index contributed by atoms with van der Waals surface area (Å²) < 4.78 is 35.7. The van der Waals surface area contributed by atoms with E-state index in [4.69, 9.17) is 0 Å². The van der Waals surface area contributed by atoms with Crippen LogP contribution in [0.5, 0.6) is 0 Å². The molecule has 23 heavy (non-hydrogen) atoms. The number of nitrogens with zero attached hydrogens (tertiary/aromatic N) is 1. The molecule has 1 atom stereocenters. The second-order valence-electron chi connectivity index (χ2n) is 5.50. The third kappa shape index (κ3) is 4.14. The summed E-state index contributed by atoms with van der Waals surface area (Å²) in [7, 11) is -3.01. The maximum atomic E-state index is 12.9. The molecule has 5 nitrogen and oxygen atoms in total. The number of hydrogen-bond acceptors (Lipinski definition) is 5. The molecule has 1 saturated heterocycles. The molecule has 8 heteroatoms. The van der Waals surface area contributed by atoms with Crippen molar-refractivity contribution in [1.82, 2.24) is 10.3 Å². The fourth-order valence-corrected chi connectivity index (χ4v) is 4.96. The first-order valence-corrected chi connectivity index (χ1v) is 9.81. The average Bonchev–Trinajstić information content (AvgIpc) is 3.06. The predicted molar refractivity (Wildman–Crippen MR) is 86.4 cm³/mol. The van der Waals surface area contributed by atoms with Crippen molar-refractivity contribution in [3.63, 3.8) is 0 Å². The third-order valence-electron chi connectivity index (χ3n) is 3.58. The minimum Gasteiger partial charge on any atom is -0.352 e. The minimum absolute atomic E-state index is 0.0106. The number of hydrogen-bond donors (Lipinski definition) is 1. The maximum Gasteiger partial charge on any atom is 0.226 e.